The summed E-state index contributed by atoms with van der Waals surface area (Å²) in [6.45, 7) is 1.13. The van der Waals surface area contributed by atoms with Gasteiger partial charge in [-0.25, -0.2) is 4.98 Å². The summed E-state index contributed by atoms with van der Waals surface area (Å²) in [7, 11) is 1.67. The van der Waals surface area contributed by atoms with Crippen LogP contribution in [0.25, 0.3) is 0 Å². The number of rotatable bonds is 5. The smallest absolute Gasteiger partial charge is 0.137 e. The largest absolute Gasteiger partial charge is 0.495 e. The number of anilines is 1. The lowest BCUT2D eigenvalue weighted by Crippen LogP contribution is -2.29. The standard InChI is InChI=1S/C13H19BrN2O/c1-17-12-6-7-13(15-10-12)16-9-3-5-11(16)4-2-8-14/h6-7,10-11H,2-5,8-9H2,1H3. The Labute approximate surface area is 111 Å². The number of ether oxygens (including phenoxy) is 1. The summed E-state index contributed by atoms with van der Waals surface area (Å²) in [6.07, 6.45) is 6.85. The molecule has 1 aromatic heterocycles. The molecule has 0 N–H and O–H groups in total. The highest BCUT2D eigenvalue weighted by Gasteiger charge is 2.24. The minimum Gasteiger partial charge on any atom is -0.495 e. The van der Waals surface area contributed by atoms with Crippen LogP contribution in [0.1, 0.15) is 25.7 Å². The third kappa shape index (κ3) is 3.12. The van der Waals surface area contributed by atoms with Gasteiger partial charge >= 0.3 is 0 Å². The van der Waals surface area contributed by atoms with E-state index in [1.54, 1.807) is 13.3 Å². The first kappa shape index (κ1) is 12.7. The van der Waals surface area contributed by atoms with Gasteiger partial charge in [0.25, 0.3) is 0 Å². The minimum absolute atomic E-state index is 0.661. The topological polar surface area (TPSA) is 25.4 Å². The summed E-state index contributed by atoms with van der Waals surface area (Å²) in [5.41, 5.74) is 0. The molecular weight excluding hydrogens is 280 g/mol. The predicted octanol–water partition coefficient (Wildman–Crippen LogP) is 3.23. The summed E-state index contributed by atoms with van der Waals surface area (Å²) < 4.78 is 5.14. The zero-order valence-electron chi connectivity index (χ0n) is 10.2. The molecular formula is C13H19BrN2O. The molecule has 0 aromatic carbocycles. The van der Waals surface area contributed by atoms with Crippen LogP contribution in [-0.4, -0.2) is 30.0 Å². The second-order valence-corrected chi connectivity index (χ2v) is 5.17. The average Bonchev–Trinajstić information content (AvgIpc) is 2.84. The lowest BCUT2D eigenvalue weighted by molar-refractivity contribution is 0.413. The van der Waals surface area contributed by atoms with Crippen molar-refractivity contribution in [2.45, 2.75) is 31.7 Å². The fourth-order valence-electron chi connectivity index (χ4n) is 2.41. The van der Waals surface area contributed by atoms with Crippen LogP contribution in [0.15, 0.2) is 18.3 Å². The Morgan fingerprint density at radius 1 is 1.53 bits per heavy atom. The molecule has 0 aliphatic carbocycles. The molecule has 1 saturated heterocycles. The Morgan fingerprint density at radius 3 is 3.06 bits per heavy atom. The number of hydrogen-bond donors (Lipinski definition) is 0. The molecule has 2 heterocycles. The second-order valence-electron chi connectivity index (χ2n) is 4.38. The van der Waals surface area contributed by atoms with Crippen molar-refractivity contribution in [3.8, 4) is 5.75 Å². The number of nitrogens with zero attached hydrogens (tertiary/aromatic N) is 2. The number of alkyl halides is 1. The average molecular weight is 299 g/mol. The lowest BCUT2D eigenvalue weighted by Gasteiger charge is -2.25. The molecule has 1 atom stereocenters. The van der Waals surface area contributed by atoms with E-state index >= 15 is 0 Å². The molecule has 0 bridgehead atoms. The van der Waals surface area contributed by atoms with Gasteiger partial charge in [0.05, 0.1) is 13.3 Å². The molecule has 0 saturated carbocycles. The van der Waals surface area contributed by atoms with E-state index in [0.717, 1.165) is 23.4 Å². The molecule has 1 unspecified atom stereocenters. The Bertz CT molecular complexity index is 342. The van der Waals surface area contributed by atoms with Gasteiger partial charge in [-0.3, -0.25) is 0 Å². The van der Waals surface area contributed by atoms with E-state index in [1.807, 2.05) is 6.07 Å². The number of hydrogen-bond acceptors (Lipinski definition) is 3. The summed E-state index contributed by atoms with van der Waals surface area (Å²) in [5.74, 6) is 1.91. The van der Waals surface area contributed by atoms with Crippen molar-refractivity contribution in [1.82, 2.24) is 4.98 Å². The van der Waals surface area contributed by atoms with E-state index < -0.39 is 0 Å². The maximum atomic E-state index is 5.14. The molecule has 1 aromatic rings. The van der Waals surface area contributed by atoms with Gasteiger partial charge in [-0.1, -0.05) is 15.9 Å². The fraction of sp³-hybridized carbons (Fsp3) is 0.615. The third-order valence-electron chi connectivity index (χ3n) is 3.30. The van der Waals surface area contributed by atoms with Gasteiger partial charge in [-0.05, 0) is 37.8 Å². The highest BCUT2D eigenvalue weighted by Crippen LogP contribution is 2.27. The van der Waals surface area contributed by atoms with Gasteiger partial charge in [-0.2, -0.15) is 0 Å². The summed E-state index contributed by atoms with van der Waals surface area (Å²) >= 11 is 3.50. The van der Waals surface area contributed by atoms with E-state index in [4.69, 9.17) is 4.74 Å². The number of pyridine rings is 1. The monoisotopic (exact) mass is 298 g/mol. The molecule has 1 aliphatic rings. The van der Waals surface area contributed by atoms with Crippen molar-refractivity contribution in [3.05, 3.63) is 18.3 Å². The van der Waals surface area contributed by atoms with Gasteiger partial charge in [0.15, 0.2) is 0 Å². The molecule has 3 nitrogen and oxygen atoms in total. The van der Waals surface area contributed by atoms with E-state index in [0.29, 0.717) is 6.04 Å². The van der Waals surface area contributed by atoms with Crippen molar-refractivity contribution in [1.29, 1.82) is 0 Å². The van der Waals surface area contributed by atoms with E-state index in [1.165, 1.54) is 25.7 Å². The molecule has 2 rings (SSSR count). The van der Waals surface area contributed by atoms with Crippen molar-refractivity contribution in [3.63, 3.8) is 0 Å². The molecule has 1 fully saturated rings. The number of methoxy groups -OCH3 is 1. The van der Waals surface area contributed by atoms with Crippen LogP contribution in [-0.2, 0) is 0 Å². The Morgan fingerprint density at radius 2 is 2.41 bits per heavy atom. The molecule has 0 radical (unpaired) electrons. The summed E-state index contributed by atoms with van der Waals surface area (Å²) in [6, 6.07) is 4.71. The van der Waals surface area contributed by atoms with Gasteiger partial charge in [0.2, 0.25) is 0 Å². The highest BCUT2D eigenvalue weighted by atomic mass is 79.9. The molecule has 1 aliphatic heterocycles. The minimum atomic E-state index is 0.661. The maximum Gasteiger partial charge on any atom is 0.137 e. The van der Waals surface area contributed by atoms with Crippen LogP contribution in [0, 0.1) is 0 Å². The van der Waals surface area contributed by atoms with E-state index in [-0.39, 0.29) is 0 Å². The number of halogens is 1. The van der Waals surface area contributed by atoms with Gasteiger partial charge in [-0.15, -0.1) is 0 Å². The van der Waals surface area contributed by atoms with Crippen molar-refractivity contribution in [2.24, 2.45) is 0 Å². The summed E-state index contributed by atoms with van der Waals surface area (Å²) in [5, 5.41) is 1.09. The molecule has 17 heavy (non-hydrogen) atoms. The van der Waals surface area contributed by atoms with Crippen LogP contribution in [0.2, 0.25) is 0 Å². The lowest BCUT2D eigenvalue weighted by atomic mass is 10.1. The zero-order chi connectivity index (χ0) is 12.1. The quantitative estimate of drug-likeness (QED) is 0.781. The van der Waals surface area contributed by atoms with E-state index in [9.17, 15) is 0 Å². The van der Waals surface area contributed by atoms with Crippen molar-refractivity contribution >= 4 is 21.7 Å². The molecule has 94 valence electrons. The van der Waals surface area contributed by atoms with Crippen LogP contribution >= 0.6 is 15.9 Å². The van der Waals surface area contributed by atoms with Gasteiger partial charge < -0.3 is 9.64 Å². The molecule has 0 amide bonds. The van der Waals surface area contributed by atoms with Gasteiger partial charge in [0, 0.05) is 17.9 Å². The summed E-state index contributed by atoms with van der Waals surface area (Å²) in [4.78, 5) is 6.91. The predicted molar refractivity (Wildman–Crippen MR) is 74.2 cm³/mol. The van der Waals surface area contributed by atoms with Crippen LogP contribution < -0.4 is 9.64 Å². The third-order valence-corrected chi connectivity index (χ3v) is 3.86. The van der Waals surface area contributed by atoms with E-state index in [2.05, 4.69) is 31.9 Å². The SMILES string of the molecule is COc1ccc(N2CCCC2CCCBr)nc1. The first-order valence-corrected chi connectivity index (χ1v) is 7.30. The van der Waals surface area contributed by atoms with Crippen molar-refractivity contribution in [2.75, 3.05) is 23.9 Å². The highest BCUT2D eigenvalue weighted by molar-refractivity contribution is 9.09. The Kier molecular flexibility index (Phi) is 4.66. The number of aromatic nitrogens is 1. The van der Waals surface area contributed by atoms with Crippen LogP contribution in [0.4, 0.5) is 5.82 Å². The van der Waals surface area contributed by atoms with Crippen LogP contribution in [0.3, 0.4) is 0 Å². The first-order valence-electron chi connectivity index (χ1n) is 6.18. The van der Waals surface area contributed by atoms with Gasteiger partial charge in [0.1, 0.15) is 11.6 Å². The Balaban J connectivity index is 2.03. The normalized spacial score (nSPS) is 19.6. The molecule has 0 spiro atoms. The van der Waals surface area contributed by atoms with Crippen LogP contribution in [0.5, 0.6) is 5.75 Å². The fourth-order valence-corrected chi connectivity index (χ4v) is 2.74. The molecule has 4 heteroatoms. The Hall–Kier alpha value is -0.770. The van der Waals surface area contributed by atoms with Crippen molar-refractivity contribution < 1.29 is 4.74 Å². The first-order chi connectivity index (χ1) is 8.35. The zero-order valence-corrected chi connectivity index (χ0v) is 11.8. The maximum absolute atomic E-state index is 5.14. The second kappa shape index (κ2) is 6.24.